The Morgan fingerprint density at radius 2 is 2.00 bits per heavy atom. The van der Waals surface area contributed by atoms with Crippen LogP contribution in [0.15, 0.2) is 18.2 Å². The highest BCUT2D eigenvalue weighted by Gasteiger charge is 2.41. The van der Waals surface area contributed by atoms with Crippen LogP contribution in [0, 0.1) is 5.82 Å². The molecule has 1 fully saturated rings. The Morgan fingerprint density at radius 1 is 1.38 bits per heavy atom. The predicted octanol–water partition coefficient (Wildman–Crippen LogP) is 2.85. The lowest BCUT2D eigenvalue weighted by molar-refractivity contribution is 0.618. The molecule has 0 saturated heterocycles. The molecule has 13 heavy (non-hydrogen) atoms. The lowest BCUT2D eigenvalue weighted by Gasteiger charge is -2.10. The SMILES string of the molecule is Cl.NC1(c2cc(F)ccc2Cl)CC1. The van der Waals surface area contributed by atoms with Crippen molar-refractivity contribution in [1.82, 2.24) is 0 Å². The largest absolute Gasteiger partial charge is 0.321 e. The fraction of sp³-hybridized carbons (Fsp3) is 0.333. The van der Waals surface area contributed by atoms with Gasteiger partial charge in [-0.25, -0.2) is 4.39 Å². The molecule has 0 unspecified atom stereocenters. The maximum absolute atomic E-state index is 12.8. The molecular weight excluding hydrogens is 212 g/mol. The molecule has 1 saturated carbocycles. The third-order valence-electron chi connectivity index (χ3n) is 2.25. The monoisotopic (exact) mass is 221 g/mol. The second kappa shape index (κ2) is 3.45. The molecule has 2 N–H and O–H groups in total. The number of nitrogens with two attached hydrogens (primary N) is 1. The van der Waals surface area contributed by atoms with Gasteiger partial charge in [-0.1, -0.05) is 11.6 Å². The van der Waals surface area contributed by atoms with E-state index in [1.807, 2.05) is 0 Å². The molecule has 0 heterocycles. The van der Waals surface area contributed by atoms with Crippen LogP contribution >= 0.6 is 24.0 Å². The van der Waals surface area contributed by atoms with Crippen molar-refractivity contribution in [3.63, 3.8) is 0 Å². The van der Waals surface area contributed by atoms with Gasteiger partial charge in [-0.05, 0) is 36.6 Å². The van der Waals surface area contributed by atoms with Crippen LogP contribution in [0.4, 0.5) is 4.39 Å². The van der Waals surface area contributed by atoms with Crippen molar-refractivity contribution in [2.45, 2.75) is 18.4 Å². The third-order valence-corrected chi connectivity index (χ3v) is 2.58. The van der Waals surface area contributed by atoms with Crippen LogP contribution in [0.25, 0.3) is 0 Å². The summed E-state index contributed by atoms with van der Waals surface area (Å²) in [6, 6.07) is 4.33. The highest BCUT2D eigenvalue weighted by atomic mass is 35.5. The van der Waals surface area contributed by atoms with Crippen LogP contribution in [-0.4, -0.2) is 0 Å². The van der Waals surface area contributed by atoms with E-state index >= 15 is 0 Å². The Hall–Kier alpha value is -0.310. The van der Waals surface area contributed by atoms with E-state index < -0.39 is 0 Å². The molecule has 0 atom stereocenters. The van der Waals surface area contributed by atoms with Crippen LogP contribution in [0.2, 0.25) is 5.02 Å². The maximum Gasteiger partial charge on any atom is 0.123 e. The van der Waals surface area contributed by atoms with Crippen molar-refractivity contribution in [2.24, 2.45) is 5.73 Å². The van der Waals surface area contributed by atoms with Crippen molar-refractivity contribution >= 4 is 24.0 Å². The van der Waals surface area contributed by atoms with Gasteiger partial charge in [0, 0.05) is 10.6 Å². The van der Waals surface area contributed by atoms with Crippen LogP contribution in [-0.2, 0) is 5.54 Å². The standard InChI is InChI=1S/C9H9ClFN.ClH/c10-8-2-1-6(11)5-7(8)9(12)3-4-9;/h1-2,5H,3-4,12H2;1H. The average molecular weight is 222 g/mol. The van der Waals surface area contributed by atoms with Gasteiger partial charge in [-0.3, -0.25) is 0 Å². The van der Waals surface area contributed by atoms with Crippen LogP contribution in [0.5, 0.6) is 0 Å². The number of hydrogen-bond acceptors (Lipinski definition) is 1. The number of benzene rings is 1. The minimum atomic E-state index is -0.348. The molecule has 1 aromatic rings. The highest BCUT2D eigenvalue weighted by molar-refractivity contribution is 6.31. The summed E-state index contributed by atoms with van der Waals surface area (Å²) in [6.45, 7) is 0. The number of hydrogen-bond donors (Lipinski definition) is 1. The molecule has 1 aromatic carbocycles. The Labute approximate surface area is 87.5 Å². The fourth-order valence-corrected chi connectivity index (χ4v) is 1.59. The van der Waals surface area contributed by atoms with Crippen molar-refractivity contribution in [3.05, 3.63) is 34.6 Å². The van der Waals surface area contributed by atoms with E-state index in [0.717, 1.165) is 18.4 Å². The Balaban J connectivity index is 0.000000845. The van der Waals surface area contributed by atoms with Crippen LogP contribution in [0.1, 0.15) is 18.4 Å². The van der Waals surface area contributed by atoms with Crippen LogP contribution in [0.3, 0.4) is 0 Å². The summed E-state index contributed by atoms with van der Waals surface area (Å²) < 4.78 is 12.8. The summed E-state index contributed by atoms with van der Waals surface area (Å²) in [5, 5.41) is 0.566. The van der Waals surface area contributed by atoms with Crippen molar-refractivity contribution < 1.29 is 4.39 Å². The normalized spacial score (nSPS) is 17.8. The van der Waals surface area contributed by atoms with Gasteiger partial charge >= 0.3 is 0 Å². The molecule has 72 valence electrons. The Bertz CT molecular complexity index is 323. The second-order valence-electron chi connectivity index (χ2n) is 3.28. The first kappa shape index (κ1) is 10.8. The quantitative estimate of drug-likeness (QED) is 0.776. The zero-order valence-corrected chi connectivity index (χ0v) is 8.46. The van der Waals surface area contributed by atoms with Gasteiger partial charge in [-0.15, -0.1) is 12.4 Å². The second-order valence-corrected chi connectivity index (χ2v) is 3.69. The average Bonchev–Trinajstić information content (AvgIpc) is 2.75. The molecule has 1 aliphatic rings. The lowest BCUT2D eigenvalue weighted by Crippen LogP contribution is -2.19. The summed E-state index contributed by atoms with van der Waals surface area (Å²) in [5.74, 6) is -0.272. The topological polar surface area (TPSA) is 26.0 Å². The van der Waals surface area contributed by atoms with E-state index in [9.17, 15) is 4.39 Å². The molecule has 4 heteroatoms. The van der Waals surface area contributed by atoms with Crippen LogP contribution < -0.4 is 5.73 Å². The van der Waals surface area contributed by atoms with Crippen molar-refractivity contribution in [2.75, 3.05) is 0 Å². The number of rotatable bonds is 1. The van der Waals surface area contributed by atoms with Crippen molar-refractivity contribution in [3.8, 4) is 0 Å². The van der Waals surface area contributed by atoms with Gasteiger partial charge in [0.1, 0.15) is 5.82 Å². The van der Waals surface area contributed by atoms with E-state index in [1.165, 1.54) is 12.1 Å². The highest BCUT2D eigenvalue weighted by Crippen LogP contribution is 2.45. The van der Waals surface area contributed by atoms with E-state index in [4.69, 9.17) is 17.3 Å². The summed E-state index contributed by atoms with van der Waals surface area (Å²) >= 11 is 5.87. The van der Waals surface area contributed by atoms with E-state index in [-0.39, 0.29) is 23.8 Å². The van der Waals surface area contributed by atoms with E-state index in [1.54, 1.807) is 6.07 Å². The maximum atomic E-state index is 12.8. The molecule has 2 rings (SSSR count). The van der Waals surface area contributed by atoms with Gasteiger partial charge in [-0.2, -0.15) is 0 Å². The summed E-state index contributed by atoms with van der Waals surface area (Å²) in [5.41, 5.74) is 6.28. The minimum absolute atomic E-state index is 0. The van der Waals surface area contributed by atoms with E-state index in [2.05, 4.69) is 0 Å². The molecule has 1 nitrogen and oxygen atoms in total. The molecule has 0 bridgehead atoms. The lowest BCUT2D eigenvalue weighted by atomic mass is 10.1. The summed E-state index contributed by atoms with van der Waals surface area (Å²) in [6.07, 6.45) is 1.80. The molecule has 1 aliphatic carbocycles. The van der Waals surface area contributed by atoms with Gasteiger partial charge in [0.2, 0.25) is 0 Å². The van der Waals surface area contributed by atoms with Gasteiger partial charge < -0.3 is 5.73 Å². The molecule has 0 amide bonds. The molecular formula is C9H10Cl2FN. The Kier molecular flexibility index (Phi) is 2.85. The minimum Gasteiger partial charge on any atom is -0.321 e. The zero-order valence-electron chi connectivity index (χ0n) is 6.89. The number of halogens is 3. The first-order chi connectivity index (χ1) is 5.62. The van der Waals surface area contributed by atoms with E-state index in [0.29, 0.717) is 5.02 Å². The van der Waals surface area contributed by atoms with Gasteiger partial charge in [0.05, 0.1) is 0 Å². The first-order valence-corrected chi connectivity index (χ1v) is 4.24. The Morgan fingerprint density at radius 3 is 2.54 bits per heavy atom. The molecule has 0 spiro atoms. The molecule has 0 radical (unpaired) electrons. The fourth-order valence-electron chi connectivity index (χ4n) is 1.28. The van der Waals surface area contributed by atoms with Crippen molar-refractivity contribution in [1.29, 1.82) is 0 Å². The zero-order chi connectivity index (χ0) is 8.77. The third kappa shape index (κ3) is 1.96. The van der Waals surface area contributed by atoms with Gasteiger partial charge in [0.15, 0.2) is 0 Å². The predicted molar refractivity (Wildman–Crippen MR) is 53.8 cm³/mol. The molecule has 0 aliphatic heterocycles. The summed E-state index contributed by atoms with van der Waals surface area (Å²) in [4.78, 5) is 0. The first-order valence-electron chi connectivity index (χ1n) is 3.86. The molecule has 0 aromatic heterocycles. The van der Waals surface area contributed by atoms with Gasteiger partial charge in [0.25, 0.3) is 0 Å². The smallest absolute Gasteiger partial charge is 0.123 e. The summed E-state index contributed by atoms with van der Waals surface area (Å²) in [7, 11) is 0.